The third-order valence-electron chi connectivity index (χ3n) is 3.78. The van der Waals surface area contributed by atoms with Gasteiger partial charge < -0.3 is 4.90 Å². The molecule has 1 saturated heterocycles. The average Bonchev–Trinajstić information content (AvgIpc) is 2.49. The molecule has 2 rings (SSSR count). The molecular formula is C16H24N2OS. The minimum atomic E-state index is 0.238. The molecule has 20 heavy (non-hydrogen) atoms. The molecular weight excluding hydrogens is 268 g/mol. The molecule has 0 N–H and O–H groups in total. The van der Waals surface area contributed by atoms with E-state index in [-0.39, 0.29) is 5.78 Å². The lowest BCUT2D eigenvalue weighted by Gasteiger charge is -2.34. The minimum Gasteiger partial charge on any atom is -0.301 e. The summed E-state index contributed by atoms with van der Waals surface area (Å²) in [6.45, 7) is 8.15. The quantitative estimate of drug-likeness (QED) is 0.594. The van der Waals surface area contributed by atoms with Crippen molar-refractivity contribution in [3.05, 3.63) is 29.8 Å². The zero-order valence-electron chi connectivity index (χ0n) is 12.5. The molecule has 1 fully saturated rings. The Kier molecular flexibility index (Phi) is 6.07. The van der Waals surface area contributed by atoms with Crippen LogP contribution in [0.2, 0.25) is 0 Å². The van der Waals surface area contributed by atoms with E-state index in [0.717, 1.165) is 31.7 Å². The van der Waals surface area contributed by atoms with E-state index in [0.29, 0.717) is 6.54 Å². The van der Waals surface area contributed by atoms with Crippen molar-refractivity contribution in [3.8, 4) is 0 Å². The second kappa shape index (κ2) is 7.81. The summed E-state index contributed by atoms with van der Waals surface area (Å²) in [5.74, 6) is 0.238. The number of benzene rings is 1. The molecule has 1 aliphatic rings. The van der Waals surface area contributed by atoms with E-state index in [1.54, 1.807) is 11.8 Å². The first-order valence-corrected chi connectivity index (χ1v) is 8.57. The average molecular weight is 292 g/mol. The van der Waals surface area contributed by atoms with Crippen LogP contribution in [0.15, 0.2) is 29.2 Å². The van der Waals surface area contributed by atoms with Crippen LogP contribution in [0.5, 0.6) is 0 Å². The zero-order chi connectivity index (χ0) is 14.4. The van der Waals surface area contributed by atoms with Crippen molar-refractivity contribution < 1.29 is 4.79 Å². The molecule has 3 nitrogen and oxygen atoms in total. The number of Topliss-reactive ketones (excluding diaryl/α,β-unsaturated/α-hetero) is 1. The van der Waals surface area contributed by atoms with Crippen LogP contribution in [0.3, 0.4) is 0 Å². The summed E-state index contributed by atoms with van der Waals surface area (Å²) in [5.41, 5.74) is 0.832. The number of piperazine rings is 1. The van der Waals surface area contributed by atoms with Gasteiger partial charge in [-0.15, -0.1) is 11.8 Å². The Bertz CT molecular complexity index is 425. The molecule has 0 aliphatic carbocycles. The number of carbonyl (C=O) groups excluding carboxylic acids is 1. The highest BCUT2D eigenvalue weighted by atomic mass is 32.2. The van der Waals surface area contributed by atoms with Gasteiger partial charge >= 0.3 is 0 Å². The van der Waals surface area contributed by atoms with Crippen molar-refractivity contribution in [1.82, 2.24) is 9.80 Å². The maximum atomic E-state index is 12.3. The molecule has 4 heteroatoms. The summed E-state index contributed by atoms with van der Waals surface area (Å²) in [6, 6.07) is 7.94. The molecule has 1 aliphatic heterocycles. The van der Waals surface area contributed by atoms with Gasteiger partial charge in [-0.1, -0.05) is 19.1 Å². The first kappa shape index (κ1) is 15.5. The van der Waals surface area contributed by atoms with E-state index in [2.05, 4.69) is 16.7 Å². The SMILES string of the molecule is CCCN1CCN(CC(=O)c2ccc(SC)cc2)CC1. The number of hydrogen-bond acceptors (Lipinski definition) is 4. The fourth-order valence-electron chi connectivity index (χ4n) is 2.56. The first-order valence-electron chi connectivity index (χ1n) is 7.35. The van der Waals surface area contributed by atoms with E-state index in [9.17, 15) is 4.79 Å². The topological polar surface area (TPSA) is 23.6 Å². The van der Waals surface area contributed by atoms with Crippen LogP contribution in [-0.4, -0.2) is 61.1 Å². The number of ketones is 1. The van der Waals surface area contributed by atoms with Crippen LogP contribution in [-0.2, 0) is 0 Å². The van der Waals surface area contributed by atoms with E-state index in [4.69, 9.17) is 0 Å². The van der Waals surface area contributed by atoms with Crippen LogP contribution < -0.4 is 0 Å². The van der Waals surface area contributed by atoms with Crippen LogP contribution in [0.4, 0.5) is 0 Å². The molecule has 0 saturated carbocycles. The van der Waals surface area contributed by atoms with Crippen molar-refractivity contribution in [2.24, 2.45) is 0 Å². The van der Waals surface area contributed by atoms with Crippen molar-refractivity contribution in [1.29, 1.82) is 0 Å². The maximum absolute atomic E-state index is 12.3. The smallest absolute Gasteiger partial charge is 0.176 e. The molecule has 0 radical (unpaired) electrons. The minimum absolute atomic E-state index is 0.238. The van der Waals surface area contributed by atoms with Gasteiger partial charge in [0.25, 0.3) is 0 Å². The van der Waals surface area contributed by atoms with E-state index in [1.807, 2.05) is 30.5 Å². The Labute approximate surface area is 126 Å². The monoisotopic (exact) mass is 292 g/mol. The summed E-state index contributed by atoms with van der Waals surface area (Å²) >= 11 is 1.70. The summed E-state index contributed by atoms with van der Waals surface area (Å²) < 4.78 is 0. The Morgan fingerprint density at radius 3 is 2.25 bits per heavy atom. The molecule has 0 bridgehead atoms. The van der Waals surface area contributed by atoms with Gasteiger partial charge in [0.1, 0.15) is 0 Å². The van der Waals surface area contributed by atoms with Crippen molar-refractivity contribution in [2.45, 2.75) is 18.2 Å². The molecule has 1 aromatic carbocycles. The van der Waals surface area contributed by atoms with Crippen LogP contribution in [0.1, 0.15) is 23.7 Å². The van der Waals surface area contributed by atoms with Crippen molar-refractivity contribution >= 4 is 17.5 Å². The highest BCUT2D eigenvalue weighted by molar-refractivity contribution is 7.98. The molecule has 1 heterocycles. The Balaban J connectivity index is 1.82. The van der Waals surface area contributed by atoms with Crippen LogP contribution >= 0.6 is 11.8 Å². The van der Waals surface area contributed by atoms with Gasteiger partial charge in [0.2, 0.25) is 0 Å². The Morgan fingerprint density at radius 2 is 1.70 bits per heavy atom. The van der Waals surface area contributed by atoms with Gasteiger partial charge in [0.05, 0.1) is 6.54 Å². The van der Waals surface area contributed by atoms with Gasteiger partial charge in [0.15, 0.2) is 5.78 Å². The Morgan fingerprint density at radius 1 is 1.10 bits per heavy atom. The highest BCUT2D eigenvalue weighted by Crippen LogP contribution is 2.15. The van der Waals surface area contributed by atoms with Crippen molar-refractivity contribution in [3.63, 3.8) is 0 Å². The van der Waals surface area contributed by atoms with E-state index < -0.39 is 0 Å². The first-order chi connectivity index (χ1) is 9.72. The number of rotatable bonds is 6. The molecule has 110 valence electrons. The molecule has 0 spiro atoms. The van der Waals surface area contributed by atoms with Gasteiger partial charge in [-0.3, -0.25) is 9.69 Å². The lowest BCUT2D eigenvalue weighted by molar-refractivity contribution is 0.0853. The second-order valence-electron chi connectivity index (χ2n) is 5.27. The molecule has 0 atom stereocenters. The fraction of sp³-hybridized carbons (Fsp3) is 0.562. The Hall–Kier alpha value is -0.840. The third kappa shape index (κ3) is 4.33. The van der Waals surface area contributed by atoms with Crippen molar-refractivity contribution in [2.75, 3.05) is 45.5 Å². The third-order valence-corrected chi connectivity index (χ3v) is 4.53. The lowest BCUT2D eigenvalue weighted by atomic mass is 10.1. The number of nitrogens with zero attached hydrogens (tertiary/aromatic N) is 2. The predicted molar refractivity (Wildman–Crippen MR) is 85.7 cm³/mol. The second-order valence-corrected chi connectivity index (χ2v) is 6.15. The maximum Gasteiger partial charge on any atom is 0.176 e. The van der Waals surface area contributed by atoms with E-state index in [1.165, 1.54) is 17.9 Å². The predicted octanol–water partition coefficient (Wildman–Crippen LogP) is 2.62. The summed E-state index contributed by atoms with van der Waals surface area (Å²) in [5, 5.41) is 0. The normalized spacial score (nSPS) is 17.3. The summed E-state index contributed by atoms with van der Waals surface area (Å²) in [7, 11) is 0. The van der Waals surface area contributed by atoms with Crippen LogP contribution in [0.25, 0.3) is 0 Å². The summed E-state index contributed by atoms with van der Waals surface area (Å²) in [4.78, 5) is 18.2. The van der Waals surface area contributed by atoms with E-state index >= 15 is 0 Å². The molecule has 1 aromatic rings. The van der Waals surface area contributed by atoms with Gasteiger partial charge in [-0.05, 0) is 31.4 Å². The molecule has 0 amide bonds. The van der Waals surface area contributed by atoms with Gasteiger partial charge in [-0.25, -0.2) is 0 Å². The summed E-state index contributed by atoms with van der Waals surface area (Å²) in [6.07, 6.45) is 3.26. The molecule has 0 aromatic heterocycles. The fourth-order valence-corrected chi connectivity index (χ4v) is 2.97. The highest BCUT2D eigenvalue weighted by Gasteiger charge is 2.18. The standard InChI is InChI=1S/C16H24N2OS/c1-3-8-17-9-11-18(12-10-17)13-16(19)14-4-6-15(20-2)7-5-14/h4-7H,3,8-13H2,1-2H3. The largest absolute Gasteiger partial charge is 0.301 e. The van der Waals surface area contributed by atoms with Gasteiger partial charge in [0, 0.05) is 36.6 Å². The lowest BCUT2D eigenvalue weighted by Crippen LogP contribution is -2.47. The number of thioether (sulfide) groups is 1. The van der Waals surface area contributed by atoms with Gasteiger partial charge in [-0.2, -0.15) is 0 Å². The molecule has 0 unspecified atom stereocenters. The number of carbonyl (C=O) groups is 1. The zero-order valence-corrected chi connectivity index (χ0v) is 13.3. The van der Waals surface area contributed by atoms with Crippen LogP contribution in [0, 0.1) is 0 Å². The number of hydrogen-bond donors (Lipinski definition) is 0.